The molecule has 8 nitrogen and oxygen atoms in total. The van der Waals surface area contributed by atoms with Crippen molar-refractivity contribution in [2.24, 2.45) is 0 Å². The van der Waals surface area contributed by atoms with Gasteiger partial charge in [-0.1, -0.05) is 30.1 Å². The van der Waals surface area contributed by atoms with Crippen LogP contribution in [0.25, 0.3) is 11.1 Å². The molecule has 0 bridgehead atoms. The minimum absolute atomic E-state index is 0.0869. The number of nitrogens with zero attached hydrogens (tertiary/aromatic N) is 5. The summed E-state index contributed by atoms with van der Waals surface area (Å²) in [6.07, 6.45) is 7.49. The van der Waals surface area contributed by atoms with Crippen LogP contribution in [0.1, 0.15) is 67.3 Å². The fourth-order valence-electron chi connectivity index (χ4n) is 5.20. The fraction of sp³-hybridized carbons (Fsp3) is 0.393. The highest BCUT2D eigenvalue weighted by Gasteiger charge is 2.66. The molecule has 2 saturated carbocycles. The summed E-state index contributed by atoms with van der Waals surface area (Å²) in [5, 5.41) is 10.4. The summed E-state index contributed by atoms with van der Waals surface area (Å²) in [7, 11) is 0. The molecular weight excluding hydrogens is 528 g/mol. The summed E-state index contributed by atoms with van der Waals surface area (Å²) >= 11 is 0. The van der Waals surface area contributed by atoms with Crippen molar-refractivity contribution >= 4 is 11.7 Å². The van der Waals surface area contributed by atoms with Gasteiger partial charge in [-0.25, -0.2) is 14.4 Å². The molecule has 1 amide bonds. The van der Waals surface area contributed by atoms with Crippen LogP contribution >= 0.6 is 0 Å². The van der Waals surface area contributed by atoms with E-state index in [0.717, 1.165) is 24.5 Å². The maximum absolute atomic E-state index is 14.8. The molecule has 208 valence electrons. The molecule has 4 aromatic rings. The Morgan fingerprint density at radius 3 is 2.50 bits per heavy atom. The molecule has 12 heteroatoms. The lowest BCUT2D eigenvalue weighted by atomic mass is 10.0. The van der Waals surface area contributed by atoms with Crippen molar-refractivity contribution < 1.29 is 26.9 Å². The average Bonchev–Trinajstić information content (AvgIpc) is 3.27. The van der Waals surface area contributed by atoms with Crippen molar-refractivity contribution in [3.05, 3.63) is 77.6 Å². The van der Waals surface area contributed by atoms with Gasteiger partial charge in [0.2, 0.25) is 5.91 Å². The van der Waals surface area contributed by atoms with Gasteiger partial charge >= 0.3 is 6.18 Å². The molecule has 0 atom stereocenters. The Bertz CT molecular complexity index is 1520. The van der Waals surface area contributed by atoms with Gasteiger partial charge in [0.05, 0.1) is 18.7 Å². The number of carbonyl (C=O) groups excluding carboxylic acids is 1. The smallest absolute Gasteiger partial charge is 0.358 e. The summed E-state index contributed by atoms with van der Waals surface area (Å²) in [6, 6.07) is 5.97. The van der Waals surface area contributed by atoms with Crippen molar-refractivity contribution in [3.63, 3.8) is 0 Å². The zero-order chi connectivity index (χ0) is 27.9. The van der Waals surface area contributed by atoms with Crippen LogP contribution in [-0.4, -0.2) is 37.0 Å². The number of amides is 1. The van der Waals surface area contributed by atoms with E-state index in [0.29, 0.717) is 29.4 Å². The second kappa shape index (κ2) is 10.1. The van der Waals surface area contributed by atoms with E-state index in [1.54, 1.807) is 18.5 Å². The number of hydrogen-bond donors (Lipinski definition) is 1. The lowest BCUT2D eigenvalue weighted by molar-refractivity contribution is -0.165. The number of halogens is 4. The molecule has 2 fully saturated rings. The highest BCUT2D eigenvalue weighted by atomic mass is 19.4. The third kappa shape index (κ3) is 5.22. The number of hydrogen-bond acceptors (Lipinski definition) is 6. The molecule has 0 unspecified atom stereocenters. The third-order valence-electron chi connectivity index (χ3n) is 7.70. The topological polar surface area (TPSA) is 98.7 Å². The average molecular weight is 555 g/mol. The van der Waals surface area contributed by atoms with Crippen molar-refractivity contribution in [1.82, 2.24) is 24.9 Å². The van der Waals surface area contributed by atoms with Gasteiger partial charge in [-0.3, -0.25) is 9.48 Å². The van der Waals surface area contributed by atoms with Crippen molar-refractivity contribution in [3.8, 4) is 11.1 Å². The number of benzene rings is 1. The molecule has 6 rings (SSSR count). The Labute approximate surface area is 226 Å². The van der Waals surface area contributed by atoms with Gasteiger partial charge in [-0.05, 0) is 48.4 Å². The highest BCUT2D eigenvalue weighted by Crippen LogP contribution is 2.59. The minimum Gasteiger partial charge on any atom is -0.358 e. The fourth-order valence-corrected chi connectivity index (χ4v) is 5.20. The van der Waals surface area contributed by atoms with Gasteiger partial charge in [0.25, 0.3) is 0 Å². The van der Waals surface area contributed by atoms with Crippen molar-refractivity contribution in [2.45, 2.75) is 69.0 Å². The van der Waals surface area contributed by atoms with Crippen molar-refractivity contribution in [2.75, 3.05) is 5.32 Å². The van der Waals surface area contributed by atoms with E-state index in [9.17, 15) is 22.4 Å². The molecular formula is C28H26F4N6O2. The molecule has 0 aliphatic heterocycles. The first-order valence-corrected chi connectivity index (χ1v) is 13.2. The number of nitrogens with one attached hydrogen (secondary N) is 1. The van der Waals surface area contributed by atoms with E-state index in [1.165, 1.54) is 25.0 Å². The minimum atomic E-state index is -4.46. The molecule has 2 aliphatic carbocycles. The Morgan fingerprint density at radius 2 is 1.82 bits per heavy atom. The Kier molecular flexibility index (Phi) is 6.63. The number of alkyl halides is 3. The van der Waals surface area contributed by atoms with E-state index in [4.69, 9.17) is 4.52 Å². The number of rotatable bonds is 8. The van der Waals surface area contributed by atoms with Crippen LogP contribution in [-0.2, 0) is 23.1 Å². The van der Waals surface area contributed by atoms with Gasteiger partial charge in [0.1, 0.15) is 17.1 Å². The van der Waals surface area contributed by atoms with E-state index < -0.39 is 23.3 Å². The molecule has 1 aromatic carbocycles. The lowest BCUT2D eigenvalue weighted by Crippen LogP contribution is -2.28. The Morgan fingerprint density at radius 1 is 1.07 bits per heavy atom. The monoisotopic (exact) mass is 554 g/mol. The van der Waals surface area contributed by atoms with E-state index >= 15 is 0 Å². The Balaban J connectivity index is 1.06. The third-order valence-corrected chi connectivity index (χ3v) is 7.70. The number of aromatic nitrogens is 5. The first-order valence-electron chi connectivity index (χ1n) is 13.2. The Hall–Kier alpha value is -4.09. The van der Waals surface area contributed by atoms with E-state index in [1.807, 2.05) is 17.1 Å². The molecule has 0 saturated heterocycles. The summed E-state index contributed by atoms with van der Waals surface area (Å²) in [5.74, 6) is -1.09. The first kappa shape index (κ1) is 26.1. The van der Waals surface area contributed by atoms with Crippen LogP contribution < -0.4 is 5.32 Å². The zero-order valence-electron chi connectivity index (χ0n) is 21.4. The molecule has 1 N–H and O–H groups in total. The van der Waals surface area contributed by atoms with E-state index in [-0.39, 0.29) is 36.4 Å². The van der Waals surface area contributed by atoms with Crippen molar-refractivity contribution in [1.29, 1.82) is 0 Å². The first-order chi connectivity index (χ1) is 19.2. The van der Waals surface area contributed by atoms with Gasteiger partial charge in [0, 0.05) is 36.6 Å². The zero-order valence-corrected chi connectivity index (χ0v) is 21.4. The summed E-state index contributed by atoms with van der Waals surface area (Å²) in [5.41, 5.74) is 0.281. The maximum Gasteiger partial charge on any atom is 0.401 e. The van der Waals surface area contributed by atoms with Crippen LogP contribution in [0.2, 0.25) is 0 Å². The SMILES string of the molecule is O=C(Cc1ccc(-c2cnc(Cc3cnn(C4CCCC4)c3)nc2)cc1F)Nc1cc(C2(C(F)(F)F)CC2)on1. The van der Waals surface area contributed by atoms with Gasteiger partial charge in [-0.15, -0.1) is 0 Å². The molecule has 0 radical (unpaired) electrons. The second-order valence-corrected chi connectivity index (χ2v) is 10.5. The van der Waals surface area contributed by atoms with Crippen LogP contribution in [0.15, 0.2) is 53.6 Å². The molecule has 0 spiro atoms. The highest BCUT2D eigenvalue weighted by molar-refractivity contribution is 5.91. The van der Waals surface area contributed by atoms with Crippen LogP contribution in [0.3, 0.4) is 0 Å². The summed E-state index contributed by atoms with van der Waals surface area (Å²) in [4.78, 5) is 21.3. The summed E-state index contributed by atoms with van der Waals surface area (Å²) < 4.78 is 61.5. The molecule has 2 aliphatic rings. The van der Waals surface area contributed by atoms with Crippen LogP contribution in [0.5, 0.6) is 0 Å². The summed E-state index contributed by atoms with van der Waals surface area (Å²) in [6.45, 7) is 0. The predicted octanol–water partition coefficient (Wildman–Crippen LogP) is 5.95. The molecule has 3 aromatic heterocycles. The molecule has 3 heterocycles. The quantitative estimate of drug-likeness (QED) is 0.271. The predicted molar refractivity (Wildman–Crippen MR) is 136 cm³/mol. The second-order valence-electron chi connectivity index (χ2n) is 10.5. The van der Waals surface area contributed by atoms with Crippen LogP contribution in [0.4, 0.5) is 23.4 Å². The van der Waals surface area contributed by atoms with Gasteiger partial charge < -0.3 is 9.84 Å². The number of carbonyl (C=O) groups is 1. The van der Waals surface area contributed by atoms with Crippen LogP contribution in [0, 0.1) is 5.82 Å². The van der Waals surface area contributed by atoms with Gasteiger partial charge in [-0.2, -0.15) is 18.3 Å². The largest absolute Gasteiger partial charge is 0.401 e. The maximum atomic E-state index is 14.8. The standard InChI is InChI=1S/C28H26F4N6O2/c29-22-10-18(20-14-33-24(34-15-20)9-17-13-35-38(16-17)21-3-1-2-4-21)5-6-19(22)11-26(39)36-25-12-23(40-37-25)27(7-8-27)28(30,31)32/h5-6,10,12-16,21H,1-4,7-9,11H2,(H,36,37,39). The van der Waals surface area contributed by atoms with Gasteiger partial charge in [0.15, 0.2) is 11.6 Å². The normalized spacial score (nSPS) is 16.8. The molecule has 40 heavy (non-hydrogen) atoms. The number of anilines is 1. The lowest BCUT2D eigenvalue weighted by Gasteiger charge is -2.14. The van der Waals surface area contributed by atoms with E-state index in [2.05, 4.69) is 25.5 Å².